The van der Waals surface area contributed by atoms with E-state index in [-0.39, 0.29) is 17.9 Å². The van der Waals surface area contributed by atoms with Crippen LogP contribution in [-0.2, 0) is 9.53 Å². The summed E-state index contributed by atoms with van der Waals surface area (Å²) >= 11 is 0. The Balaban J connectivity index is 1.52. The van der Waals surface area contributed by atoms with Crippen molar-refractivity contribution in [2.24, 2.45) is 5.41 Å². The van der Waals surface area contributed by atoms with Gasteiger partial charge in [-0.2, -0.15) is 0 Å². The topological polar surface area (TPSA) is 76.7 Å². The first-order valence-electron chi connectivity index (χ1n) is 9.88. The molecule has 2 aromatic carbocycles. The molecule has 0 saturated carbocycles. The third-order valence-electron chi connectivity index (χ3n) is 4.66. The maximum Gasteiger partial charge on any atom is 0.255 e. The molecule has 1 heterocycles. The summed E-state index contributed by atoms with van der Waals surface area (Å²) in [6.45, 7) is 6.90. The normalized spacial score (nSPS) is 16.3. The van der Waals surface area contributed by atoms with Gasteiger partial charge < -0.3 is 20.1 Å². The van der Waals surface area contributed by atoms with Gasteiger partial charge in [0.25, 0.3) is 5.91 Å². The van der Waals surface area contributed by atoms with Gasteiger partial charge in [-0.3, -0.25) is 9.59 Å². The van der Waals surface area contributed by atoms with Crippen LogP contribution in [0.4, 0.5) is 11.4 Å². The van der Waals surface area contributed by atoms with Crippen LogP contribution in [0, 0.1) is 5.41 Å². The molecule has 2 N–H and O–H groups in total. The second-order valence-corrected chi connectivity index (χ2v) is 8.21. The molecule has 0 bridgehead atoms. The van der Waals surface area contributed by atoms with E-state index in [9.17, 15) is 9.59 Å². The van der Waals surface area contributed by atoms with Crippen LogP contribution in [0.25, 0.3) is 0 Å². The van der Waals surface area contributed by atoms with Crippen LogP contribution in [0.15, 0.2) is 48.5 Å². The third kappa shape index (κ3) is 6.06. The summed E-state index contributed by atoms with van der Waals surface area (Å²) in [5.41, 5.74) is 1.42. The quantitative estimate of drug-likeness (QED) is 0.755. The number of benzene rings is 2. The lowest BCUT2D eigenvalue weighted by atomic mass is 9.95. The predicted molar refractivity (Wildman–Crippen MR) is 113 cm³/mol. The van der Waals surface area contributed by atoms with Gasteiger partial charge in [0.05, 0.1) is 6.10 Å². The summed E-state index contributed by atoms with van der Waals surface area (Å²) in [5, 5.41) is 5.71. The zero-order valence-electron chi connectivity index (χ0n) is 17.2. The Kier molecular flexibility index (Phi) is 6.54. The van der Waals surface area contributed by atoms with Gasteiger partial charge in [-0.25, -0.2) is 0 Å². The van der Waals surface area contributed by atoms with Crippen molar-refractivity contribution >= 4 is 23.2 Å². The van der Waals surface area contributed by atoms with E-state index in [2.05, 4.69) is 10.6 Å². The van der Waals surface area contributed by atoms with Crippen molar-refractivity contribution < 1.29 is 19.1 Å². The van der Waals surface area contributed by atoms with Crippen LogP contribution >= 0.6 is 0 Å². The molecule has 6 heteroatoms. The first-order chi connectivity index (χ1) is 13.8. The second kappa shape index (κ2) is 9.09. The SMILES string of the molecule is CC(C)(C)C(=O)Nc1ccc(NC(=O)c2ccc(OCC3CCCO3)cc2)cc1. The molecule has 154 valence electrons. The van der Waals surface area contributed by atoms with Gasteiger partial charge in [-0.1, -0.05) is 20.8 Å². The van der Waals surface area contributed by atoms with Crippen molar-refractivity contribution in [3.05, 3.63) is 54.1 Å². The van der Waals surface area contributed by atoms with Gasteiger partial charge >= 0.3 is 0 Å². The highest BCUT2D eigenvalue weighted by Crippen LogP contribution is 2.20. The highest BCUT2D eigenvalue weighted by atomic mass is 16.5. The molecule has 1 atom stereocenters. The van der Waals surface area contributed by atoms with E-state index in [4.69, 9.17) is 9.47 Å². The lowest BCUT2D eigenvalue weighted by Gasteiger charge is -2.17. The largest absolute Gasteiger partial charge is 0.491 e. The predicted octanol–water partition coefficient (Wildman–Crippen LogP) is 4.48. The number of carbonyl (C=O) groups excluding carboxylic acids is 2. The molecule has 2 amide bonds. The van der Waals surface area contributed by atoms with Crippen LogP contribution in [-0.4, -0.2) is 31.1 Å². The molecular formula is C23H28N2O4. The Morgan fingerprint density at radius 3 is 2.17 bits per heavy atom. The fraction of sp³-hybridized carbons (Fsp3) is 0.391. The molecule has 1 aliphatic heterocycles. The number of ether oxygens (including phenoxy) is 2. The van der Waals surface area contributed by atoms with E-state index in [1.54, 1.807) is 48.5 Å². The zero-order chi connectivity index (χ0) is 20.9. The fourth-order valence-electron chi connectivity index (χ4n) is 2.83. The smallest absolute Gasteiger partial charge is 0.255 e. The summed E-state index contributed by atoms with van der Waals surface area (Å²) in [6, 6.07) is 14.1. The zero-order valence-corrected chi connectivity index (χ0v) is 17.2. The number of hydrogen-bond acceptors (Lipinski definition) is 4. The van der Waals surface area contributed by atoms with Gasteiger partial charge in [0.1, 0.15) is 12.4 Å². The number of anilines is 2. The van der Waals surface area contributed by atoms with Crippen LogP contribution in [0.5, 0.6) is 5.75 Å². The van der Waals surface area contributed by atoms with E-state index < -0.39 is 5.41 Å². The summed E-state index contributed by atoms with van der Waals surface area (Å²) in [5.74, 6) is 0.453. The summed E-state index contributed by atoms with van der Waals surface area (Å²) in [4.78, 5) is 24.5. The molecule has 0 spiro atoms. The Morgan fingerprint density at radius 1 is 1.00 bits per heavy atom. The average molecular weight is 396 g/mol. The monoisotopic (exact) mass is 396 g/mol. The molecule has 2 aromatic rings. The number of hydrogen-bond donors (Lipinski definition) is 2. The molecule has 1 fully saturated rings. The third-order valence-corrected chi connectivity index (χ3v) is 4.66. The van der Waals surface area contributed by atoms with Crippen LogP contribution < -0.4 is 15.4 Å². The Hall–Kier alpha value is -2.86. The molecule has 1 saturated heterocycles. The van der Waals surface area contributed by atoms with Crippen molar-refractivity contribution in [2.75, 3.05) is 23.8 Å². The average Bonchev–Trinajstić information content (AvgIpc) is 3.21. The van der Waals surface area contributed by atoms with Crippen molar-refractivity contribution in [3.8, 4) is 5.75 Å². The summed E-state index contributed by atoms with van der Waals surface area (Å²) in [6.07, 6.45) is 2.27. The van der Waals surface area contributed by atoms with Crippen LogP contribution in [0.3, 0.4) is 0 Å². The number of amides is 2. The fourth-order valence-corrected chi connectivity index (χ4v) is 2.83. The lowest BCUT2D eigenvalue weighted by Crippen LogP contribution is -2.27. The van der Waals surface area contributed by atoms with Gasteiger partial charge in [-0.15, -0.1) is 0 Å². The number of rotatable bonds is 6. The van der Waals surface area contributed by atoms with Crippen LogP contribution in [0.1, 0.15) is 44.0 Å². The Labute approximate surface area is 171 Å². The molecule has 6 nitrogen and oxygen atoms in total. The van der Waals surface area contributed by atoms with Gasteiger partial charge in [0.2, 0.25) is 5.91 Å². The van der Waals surface area contributed by atoms with E-state index >= 15 is 0 Å². The van der Waals surface area contributed by atoms with E-state index in [0.717, 1.165) is 25.2 Å². The van der Waals surface area contributed by atoms with Crippen LogP contribution in [0.2, 0.25) is 0 Å². The van der Waals surface area contributed by atoms with E-state index in [0.29, 0.717) is 23.5 Å². The minimum Gasteiger partial charge on any atom is -0.491 e. The Bertz CT molecular complexity index is 833. The van der Waals surface area contributed by atoms with E-state index in [1.807, 2.05) is 20.8 Å². The lowest BCUT2D eigenvalue weighted by molar-refractivity contribution is -0.123. The second-order valence-electron chi connectivity index (χ2n) is 8.21. The molecule has 1 aliphatic rings. The Morgan fingerprint density at radius 2 is 1.62 bits per heavy atom. The molecule has 0 aromatic heterocycles. The van der Waals surface area contributed by atoms with Crippen molar-refractivity contribution in [3.63, 3.8) is 0 Å². The van der Waals surface area contributed by atoms with E-state index in [1.165, 1.54) is 0 Å². The molecule has 29 heavy (non-hydrogen) atoms. The minimum atomic E-state index is -0.465. The molecule has 0 aliphatic carbocycles. The first kappa shape index (κ1) is 20.9. The minimum absolute atomic E-state index is 0.0592. The summed E-state index contributed by atoms with van der Waals surface area (Å²) in [7, 11) is 0. The number of carbonyl (C=O) groups is 2. The highest BCUT2D eigenvalue weighted by molar-refractivity contribution is 6.04. The standard InChI is InChI=1S/C23H28N2O4/c1-23(2,3)22(27)25-18-10-8-17(9-11-18)24-21(26)16-6-12-19(13-7-16)29-15-20-5-4-14-28-20/h6-13,20H,4-5,14-15H2,1-3H3,(H,24,26)(H,25,27). The first-order valence-corrected chi connectivity index (χ1v) is 9.88. The maximum atomic E-state index is 12.4. The number of nitrogens with one attached hydrogen (secondary N) is 2. The molecule has 1 unspecified atom stereocenters. The van der Waals surface area contributed by atoms with Gasteiger partial charge in [0.15, 0.2) is 0 Å². The van der Waals surface area contributed by atoms with Gasteiger partial charge in [-0.05, 0) is 61.4 Å². The highest BCUT2D eigenvalue weighted by Gasteiger charge is 2.21. The van der Waals surface area contributed by atoms with Crippen molar-refractivity contribution in [1.29, 1.82) is 0 Å². The molecule has 0 radical (unpaired) electrons. The van der Waals surface area contributed by atoms with Crippen molar-refractivity contribution in [1.82, 2.24) is 0 Å². The van der Waals surface area contributed by atoms with Crippen molar-refractivity contribution in [2.45, 2.75) is 39.7 Å². The molecular weight excluding hydrogens is 368 g/mol. The maximum absolute atomic E-state index is 12.4. The molecule has 3 rings (SSSR count). The summed E-state index contributed by atoms with van der Waals surface area (Å²) < 4.78 is 11.3. The van der Waals surface area contributed by atoms with Gasteiger partial charge in [0, 0.05) is 29.0 Å².